The summed E-state index contributed by atoms with van der Waals surface area (Å²) in [6, 6.07) is 5.55. The molecule has 0 aliphatic rings. The van der Waals surface area contributed by atoms with Gasteiger partial charge < -0.3 is 15.8 Å². The van der Waals surface area contributed by atoms with Crippen LogP contribution < -0.4 is 11.1 Å². The minimum absolute atomic E-state index is 0.152. The van der Waals surface area contributed by atoms with Gasteiger partial charge in [0.1, 0.15) is 11.6 Å². The number of nitrogens with one attached hydrogen (secondary N) is 1. The molecule has 0 aliphatic heterocycles. The molecule has 2 rings (SSSR count). The zero-order valence-electron chi connectivity index (χ0n) is 10.5. The number of carbonyl (C=O) groups is 1. The number of hydrogen-bond donors (Lipinski definition) is 2. The molecule has 2 aromatic rings. The fraction of sp³-hybridized carbons (Fsp3) is 0.0769. The molecule has 0 radical (unpaired) electrons. The van der Waals surface area contributed by atoms with Crippen LogP contribution in [0.15, 0.2) is 30.5 Å². The molecule has 1 aromatic heterocycles. The number of carbonyl (C=O) groups excluding carboxylic acids is 1. The highest BCUT2D eigenvalue weighted by atomic mass is 35.5. The van der Waals surface area contributed by atoms with E-state index in [1.807, 2.05) is 0 Å². The third-order valence-corrected chi connectivity index (χ3v) is 2.77. The molecule has 0 saturated carbocycles. The fourth-order valence-corrected chi connectivity index (χ4v) is 1.71. The van der Waals surface area contributed by atoms with Crippen LogP contribution in [0.25, 0.3) is 0 Å². The number of benzene rings is 1. The van der Waals surface area contributed by atoms with Crippen LogP contribution in [0.3, 0.4) is 0 Å². The number of hydrogen-bond acceptors (Lipinski definition) is 5. The Bertz CT molecular complexity index is 664. The molecular weight excluding hydrogens is 285 g/mol. The molecule has 0 aliphatic carbocycles. The number of halogens is 2. The number of methoxy groups -OCH3 is 1. The maximum atomic E-state index is 13.6. The number of nitrogen functional groups attached to an aromatic ring is 1. The van der Waals surface area contributed by atoms with Gasteiger partial charge in [0.2, 0.25) is 0 Å². The van der Waals surface area contributed by atoms with Gasteiger partial charge in [-0.05, 0) is 24.3 Å². The molecule has 0 amide bonds. The lowest BCUT2D eigenvalue weighted by Crippen LogP contribution is -2.07. The Kier molecular flexibility index (Phi) is 4.05. The normalized spacial score (nSPS) is 10.2. The second kappa shape index (κ2) is 5.75. The number of nitrogens with zero attached hydrogens (tertiary/aromatic N) is 1. The van der Waals surface area contributed by atoms with E-state index in [0.29, 0.717) is 0 Å². The molecule has 7 heteroatoms. The minimum atomic E-state index is -0.593. The Morgan fingerprint density at radius 2 is 2.20 bits per heavy atom. The third kappa shape index (κ3) is 2.97. The van der Waals surface area contributed by atoms with Crippen molar-refractivity contribution in [3.05, 3.63) is 46.9 Å². The molecule has 0 spiro atoms. The van der Waals surface area contributed by atoms with Crippen molar-refractivity contribution >= 4 is 34.8 Å². The van der Waals surface area contributed by atoms with Gasteiger partial charge in [0.25, 0.3) is 0 Å². The Hall–Kier alpha value is -2.34. The summed E-state index contributed by atoms with van der Waals surface area (Å²) >= 11 is 5.67. The molecule has 0 unspecified atom stereocenters. The number of esters is 1. The number of ether oxygens (including phenoxy) is 1. The lowest BCUT2D eigenvalue weighted by molar-refractivity contribution is 0.0602. The third-order valence-electron chi connectivity index (χ3n) is 2.53. The topological polar surface area (TPSA) is 77.2 Å². The van der Waals surface area contributed by atoms with Gasteiger partial charge in [0.05, 0.1) is 30.2 Å². The smallest absolute Gasteiger partial charge is 0.340 e. The largest absolute Gasteiger partial charge is 0.465 e. The van der Waals surface area contributed by atoms with Crippen molar-refractivity contribution in [2.45, 2.75) is 0 Å². The van der Waals surface area contributed by atoms with Crippen LogP contribution in [-0.2, 0) is 4.74 Å². The van der Waals surface area contributed by atoms with E-state index < -0.39 is 11.8 Å². The SMILES string of the molecule is COC(=O)c1cc(Nc2ccc(Cl)cc2F)ncc1N. The summed E-state index contributed by atoms with van der Waals surface area (Å²) in [5.74, 6) is -0.860. The Morgan fingerprint density at radius 1 is 1.45 bits per heavy atom. The summed E-state index contributed by atoms with van der Waals surface area (Å²) in [7, 11) is 1.24. The first-order chi connectivity index (χ1) is 9.51. The lowest BCUT2D eigenvalue weighted by atomic mass is 10.2. The van der Waals surface area contributed by atoms with E-state index in [9.17, 15) is 9.18 Å². The zero-order chi connectivity index (χ0) is 14.7. The summed E-state index contributed by atoms with van der Waals surface area (Å²) in [6.07, 6.45) is 1.29. The predicted octanol–water partition coefficient (Wildman–Crippen LogP) is 2.99. The maximum Gasteiger partial charge on any atom is 0.340 e. The van der Waals surface area contributed by atoms with Crippen molar-refractivity contribution in [3.63, 3.8) is 0 Å². The highest BCUT2D eigenvalue weighted by molar-refractivity contribution is 6.30. The van der Waals surface area contributed by atoms with E-state index in [1.54, 1.807) is 0 Å². The van der Waals surface area contributed by atoms with Crippen LogP contribution in [-0.4, -0.2) is 18.1 Å². The first-order valence-corrected chi connectivity index (χ1v) is 5.95. The average molecular weight is 296 g/mol. The second-order valence-electron chi connectivity index (χ2n) is 3.90. The van der Waals surface area contributed by atoms with Gasteiger partial charge in [0.15, 0.2) is 0 Å². The zero-order valence-corrected chi connectivity index (χ0v) is 11.2. The first-order valence-electron chi connectivity index (χ1n) is 5.57. The number of pyridine rings is 1. The maximum absolute atomic E-state index is 13.6. The second-order valence-corrected chi connectivity index (χ2v) is 4.33. The van der Waals surface area contributed by atoms with Crippen LogP contribution in [0, 0.1) is 5.82 Å². The molecule has 1 aromatic carbocycles. The van der Waals surface area contributed by atoms with Crippen molar-refractivity contribution in [1.82, 2.24) is 4.98 Å². The minimum Gasteiger partial charge on any atom is -0.465 e. The average Bonchev–Trinajstić information content (AvgIpc) is 2.43. The van der Waals surface area contributed by atoms with Crippen LogP contribution >= 0.6 is 11.6 Å². The molecule has 3 N–H and O–H groups in total. The van der Waals surface area contributed by atoms with Crippen molar-refractivity contribution in [2.24, 2.45) is 0 Å². The number of anilines is 3. The van der Waals surface area contributed by atoms with E-state index in [0.717, 1.165) is 0 Å². The Labute approximate surface area is 119 Å². The molecule has 104 valence electrons. The van der Waals surface area contributed by atoms with Crippen molar-refractivity contribution < 1.29 is 13.9 Å². The van der Waals surface area contributed by atoms with Gasteiger partial charge in [-0.2, -0.15) is 0 Å². The van der Waals surface area contributed by atoms with Crippen LogP contribution in [0.4, 0.5) is 21.6 Å². The van der Waals surface area contributed by atoms with Crippen LogP contribution in [0.2, 0.25) is 5.02 Å². The number of rotatable bonds is 3. The van der Waals surface area contributed by atoms with Crippen LogP contribution in [0.5, 0.6) is 0 Å². The van der Waals surface area contributed by atoms with Gasteiger partial charge in [-0.1, -0.05) is 11.6 Å². The Morgan fingerprint density at radius 3 is 2.85 bits per heavy atom. The van der Waals surface area contributed by atoms with Gasteiger partial charge in [-0.25, -0.2) is 14.2 Å². The summed E-state index contributed by atoms with van der Waals surface area (Å²) in [4.78, 5) is 15.5. The van der Waals surface area contributed by atoms with Crippen molar-refractivity contribution in [2.75, 3.05) is 18.2 Å². The summed E-state index contributed by atoms with van der Waals surface area (Å²) in [6.45, 7) is 0. The van der Waals surface area contributed by atoms with E-state index in [4.69, 9.17) is 17.3 Å². The number of aromatic nitrogens is 1. The van der Waals surface area contributed by atoms with E-state index in [-0.39, 0.29) is 27.8 Å². The highest BCUT2D eigenvalue weighted by Crippen LogP contribution is 2.23. The molecule has 20 heavy (non-hydrogen) atoms. The standard InChI is InChI=1S/C13H11ClFN3O2/c1-20-13(19)8-5-12(17-6-10(8)16)18-11-3-2-7(14)4-9(11)15/h2-6H,16H2,1H3,(H,17,18). The van der Waals surface area contributed by atoms with E-state index in [2.05, 4.69) is 15.0 Å². The van der Waals surface area contributed by atoms with Crippen molar-refractivity contribution in [1.29, 1.82) is 0 Å². The lowest BCUT2D eigenvalue weighted by Gasteiger charge is -2.09. The summed E-state index contributed by atoms with van der Waals surface area (Å²) in [5.41, 5.74) is 6.14. The van der Waals surface area contributed by atoms with Gasteiger partial charge >= 0.3 is 5.97 Å². The molecule has 0 bridgehead atoms. The summed E-state index contributed by atoms with van der Waals surface area (Å²) in [5, 5.41) is 3.02. The fourth-order valence-electron chi connectivity index (χ4n) is 1.55. The van der Waals surface area contributed by atoms with Gasteiger partial charge in [-0.15, -0.1) is 0 Å². The van der Waals surface area contributed by atoms with Crippen LogP contribution in [0.1, 0.15) is 10.4 Å². The monoisotopic (exact) mass is 295 g/mol. The Balaban J connectivity index is 2.32. The van der Waals surface area contributed by atoms with Crippen molar-refractivity contribution in [3.8, 4) is 0 Å². The first kappa shape index (κ1) is 14.1. The van der Waals surface area contributed by atoms with E-state index >= 15 is 0 Å². The van der Waals surface area contributed by atoms with Gasteiger partial charge in [-0.3, -0.25) is 0 Å². The molecule has 1 heterocycles. The molecular formula is C13H11ClFN3O2. The molecule has 0 saturated heterocycles. The van der Waals surface area contributed by atoms with E-state index in [1.165, 1.54) is 37.6 Å². The summed E-state index contributed by atoms with van der Waals surface area (Å²) < 4.78 is 18.2. The quantitative estimate of drug-likeness (QED) is 0.851. The molecule has 5 nitrogen and oxygen atoms in total. The molecule has 0 fully saturated rings. The van der Waals surface area contributed by atoms with Gasteiger partial charge in [0, 0.05) is 5.02 Å². The molecule has 0 atom stereocenters. The predicted molar refractivity (Wildman–Crippen MR) is 74.7 cm³/mol. The highest BCUT2D eigenvalue weighted by Gasteiger charge is 2.12. The number of nitrogens with two attached hydrogens (primary N) is 1.